The topological polar surface area (TPSA) is 84.4 Å². The average molecular weight is 172 g/mol. The van der Waals surface area contributed by atoms with Gasteiger partial charge < -0.3 is 16.0 Å². The molecule has 1 aliphatic heterocycles. The van der Waals surface area contributed by atoms with Gasteiger partial charge in [-0.3, -0.25) is 10.1 Å². The van der Waals surface area contributed by atoms with Crippen LogP contribution in [0, 0.1) is 10.1 Å². The first kappa shape index (κ1) is 8.79. The molecular weight excluding hydrogens is 160 g/mol. The van der Waals surface area contributed by atoms with Crippen LogP contribution in [0.1, 0.15) is 0 Å². The van der Waals surface area contributed by atoms with Gasteiger partial charge in [-0.15, -0.1) is 0 Å². The zero-order valence-electron chi connectivity index (χ0n) is 6.69. The van der Waals surface area contributed by atoms with E-state index in [-0.39, 0.29) is 0 Å². The van der Waals surface area contributed by atoms with Crippen molar-refractivity contribution in [2.45, 2.75) is 0 Å². The highest BCUT2D eigenvalue weighted by molar-refractivity contribution is 5.00. The second kappa shape index (κ2) is 3.91. The van der Waals surface area contributed by atoms with Gasteiger partial charge in [-0.2, -0.15) is 0 Å². The first-order valence-electron chi connectivity index (χ1n) is 3.78. The maximum absolute atomic E-state index is 10.1. The van der Waals surface area contributed by atoms with Crippen LogP contribution >= 0.6 is 0 Å². The van der Waals surface area contributed by atoms with E-state index in [1.54, 1.807) is 0 Å². The van der Waals surface area contributed by atoms with E-state index < -0.39 is 4.92 Å². The molecular formula is C6H12N4O2. The first-order chi connectivity index (χ1) is 5.74. The summed E-state index contributed by atoms with van der Waals surface area (Å²) in [6.07, 6.45) is 0.975. The van der Waals surface area contributed by atoms with Gasteiger partial charge in [0, 0.05) is 26.2 Å². The lowest BCUT2D eigenvalue weighted by atomic mass is 10.5. The number of hydrogen-bond acceptors (Lipinski definition) is 5. The molecule has 3 N–H and O–H groups in total. The van der Waals surface area contributed by atoms with E-state index in [1.807, 2.05) is 4.90 Å². The standard InChI is InChI=1S/C6H12N4O2/c7-1-3-9-4-2-8-6(9)5-10(11)12/h5,8H,1-4,7H2. The maximum Gasteiger partial charge on any atom is 0.274 e. The fraction of sp³-hybridized carbons (Fsp3) is 0.667. The molecule has 0 unspecified atom stereocenters. The van der Waals surface area contributed by atoms with Crippen LogP contribution in [0.2, 0.25) is 0 Å². The van der Waals surface area contributed by atoms with Crippen molar-refractivity contribution in [3.8, 4) is 0 Å². The van der Waals surface area contributed by atoms with Crippen molar-refractivity contribution in [3.63, 3.8) is 0 Å². The Labute approximate surface area is 70.2 Å². The predicted molar refractivity (Wildman–Crippen MR) is 43.7 cm³/mol. The van der Waals surface area contributed by atoms with Crippen LogP contribution in [0.25, 0.3) is 0 Å². The van der Waals surface area contributed by atoms with Gasteiger partial charge >= 0.3 is 0 Å². The molecule has 0 atom stereocenters. The van der Waals surface area contributed by atoms with Gasteiger partial charge in [-0.1, -0.05) is 0 Å². The Morgan fingerprint density at radius 2 is 2.58 bits per heavy atom. The maximum atomic E-state index is 10.1. The summed E-state index contributed by atoms with van der Waals surface area (Å²) in [7, 11) is 0. The van der Waals surface area contributed by atoms with Crippen LogP contribution in [0.5, 0.6) is 0 Å². The highest BCUT2D eigenvalue weighted by Gasteiger charge is 2.17. The Kier molecular flexibility index (Phi) is 2.87. The Morgan fingerprint density at radius 1 is 1.83 bits per heavy atom. The smallest absolute Gasteiger partial charge is 0.274 e. The fourth-order valence-electron chi connectivity index (χ4n) is 1.17. The summed E-state index contributed by atoms with van der Waals surface area (Å²) in [5, 5.41) is 13.0. The van der Waals surface area contributed by atoms with Crippen LogP contribution < -0.4 is 11.1 Å². The molecule has 12 heavy (non-hydrogen) atoms. The van der Waals surface area contributed by atoms with Gasteiger partial charge in [0.15, 0.2) is 5.82 Å². The highest BCUT2D eigenvalue weighted by Crippen LogP contribution is 2.05. The third-order valence-corrected chi connectivity index (χ3v) is 1.66. The SMILES string of the molecule is NCCN1CCNC1=C[N+](=O)[O-]. The molecule has 0 saturated carbocycles. The fourth-order valence-corrected chi connectivity index (χ4v) is 1.17. The summed E-state index contributed by atoms with van der Waals surface area (Å²) in [5.74, 6) is 0.561. The summed E-state index contributed by atoms with van der Waals surface area (Å²) in [6, 6.07) is 0. The number of nitrogens with two attached hydrogens (primary N) is 1. The molecule has 0 aromatic heterocycles. The molecule has 0 aliphatic carbocycles. The molecule has 0 bridgehead atoms. The quantitative estimate of drug-likeness (QED) is 0.418. The molecule has 1 heterocycles. The van der Waals surface area contributed by atoms with E-state index >= 15 is 0 Å². The number of hydrogen-bond donors (Lipinski definition) is 2. The summed E-state index contributed by atoms with van der Waals surface area (Å²) in [4.78, 5) is 11.5. The van der Waals surface area contributed by atoms with E-state index in [0.29, 0.717) is 18.9 Å². The Bertz CT molecular complexity index is 204. The summed E-state index contributed by atoms with van der Waals surface area (Å²) >= 11 is 0. The van der Waals surface area contributed by atoms with Crippen molar-refractivity contribution in [1.29, 1.82) is 0 Å². The number of nitro groups is 1. The highest BCUT2D eigenvalue weighted by atomic mass is 16.6. The largest absolute Gasteiger partial charge is 0.365 e. The van der Waals surface area contributed by atoms with Crippen molar-refractivity contribution in [2.24, 2.45) is 5.73 Å². The number of nitrogens with one attached hydrogen (secondary N) is 1. The minimum absolute atomic E-state index is 0.461. The van der Waals surface area contributed by atoms with Gasteiger partial charge in [0.25, 0.3) is 6.20 Å². The molecule has 1 fully saturated rings. The Hall–Kier alpha value is -1.30. The molecule has 0 aromatic rings. The molecule has 1 rings (SSSR count). The molecule has 6 heteroatoms. The van der Waals surface area contributed by atoms with Crippen molar-refractivity contribution in [1.82, 2.24) is 10.2 Å². The Balaban J connectivity index is 2.57. The van der Waals surface area contributed by atoms with E-state index in [4.69, 9.17) is 5.73 Å². The lowest BCUT2D eigenvalue weighted by molar-refractivity contribution is -0.404. The molecule has 0 radical (unpaired) electrons. The molecule has 0 spiro atoms. The van der Waals surface area contributed by atoms with E-state index in [1.165, 1.54) is 0 Å². The van der Waals surface area contributed by atoms with E-state index in [0.717, 1.165) is 19.3 Å². The van der Waals surface area contributed by atoms with Gasteiger partial charge in [0.05, 0.1) is 4.92 Å². The minimum Gasteiger partial charge on any atom is -0.365 e. The molecule has 68 valence electrons. The second-order valence-corrected chi connectivity index (χ2v) is 2.50. The van der Waals surface area contributed by atoms with Crippen molar-refractivity contribution in [2.75, 3.05) is 26.2 Å². The van der Waals surface area contributed by atoms with Crippen molar-refractivity contribution < 1.29 is 4.92 Å². The van der Waals surface area contributed by atoms with Crippen LogP contribution in [-0.2, 0) is 0 Å². The lowest BCUT2D eigenvalue weighted by Crippen LogP contribution is -2.27. The second-order valence-electron chi connectivity index (χ2n) is 2.50. The summed E-state index contributed by atoms with van der Waals surface area (Å²) < 4.78 is 0. The van der Waals surface area contributed by atoms with Crippen LogP contribution in [-0.4, -0.2) is 36.0 Å². The van der Waals surface area contributed by atoms with E-state index in [2.05, 4.69) is 5.32 Å². The first-order valence-corrected chi connectivity index (χ1v) is 3.78. The van der Waals surface area contributed by atoms with E-state index in [9.17, 15) is 10.1 Å². The van der Waals surface area contributed by atoms with Crippen molar-refractivity contribution >= 4 is 0 Å². The lowest BCUT2D eigenvalue weighted by Gasteiger charge is -2.14. The zero-order valence-corrected chi connectivity index (χ0v) is 6.69. The molecule has 6 nitrogen and oxygen atoms in total. The van der Waals surface area contributed by atoms with Gasteiger partial charge in [-0.25, -0.2) is 0 Å². The van der Waals surface area contributed by atoms with Gasteiger partial charge in [0.1, 0.15) is 0 Å². The Morgan fingerprint density at radius 3 is 3.17 bits per heavy atom. The molecule has 0 aromatic carbocycles. The van der Waals surface area contributed by atoms with Gasteiger partial charge in [-0.05, 0) is 0 Å². The summed E-state index contributed by atoms with van der Waals surface area (Å²) in [6.45, 7) is 2.71. The average Bonchev–Trinajstić information content (AvgIpc) is 2.37. The third-order valence-electron chi connectivity index (χ3n) is 1.66. The van der Waals surface area contributed by atoms with Crippen molar-refractivity contribution in [3.05, 3.63) is 22.1 Å². The van der Waals surface area contributed by atoms with Gasteiger partial charge in [0.2, 0.25) is 0 Å². The molecule has 1 saturated heterocycles. The third kappa shape index (κ3) is 2.09. The zero-order chi connectivity index (χ0) is 8.97. The monoisotopic (exact) mass is 172 g/mol. The molecule has 0 amide bonds. The minimum atomic E-state index is -0.461. The predicted octanol–water partition coefficient (Wildman–Crippen LogP) is -1.07. The van der Waals surface area contributed by atoms with Crippen LogP contribution in [0.4, 0.5) is 0 Å². The molecule has 1 aliphatic rings. The summed E-state index contributed by atoms with van der Waals surface area (Å²) in [5.41, 5.74) is 5.33. The van der Waals surface area contributed by atoms with Crippen LogP contribution in [0.3, 0.4) is 0 Å². The number of rotatable bonds is 3. The normalized spacial score (nSPS) is 19.8. The number of nitrogens with zero attached hydrogens (tertiary/aromatic N) is 2. The van der Waals surface area contributed by atoms with Crippen LogP contribution in [0.15, 0.2) is 12.0 Å².